The lowest BCUT2D eigenvalue weighted by molar-refractivity contribution is -0.140. The lowest BCUT2D eigenvalue weighted by Gasteiger charge is -2.28. The molecule has 3 N–H and O–H groups in total. The van der Waals surface area contributed by atoms with E-state index in [9.17, 15) is 9.59 Å². The molecule has 5 nitrogen and oxygen atoms in total. The predicted octanol–water partition coefficient (Wildman–Crippen LogP) is 1.83. The van der Waals surface area contributed by atoms with E-state index < -0.39 is 11.9 Å². The predicted molar refractivity (Wildman–Crippen MR) is 71.7 cm³/mol. The quantitative estimate of drug-likeness (QED) is 0.712. The highest BCUT2D eigenvalue weighted by Gasteiger charge is 2.42. The van der Waals surface area contributed by atoms with Gasteiger partial charge in [-0.3, -0.25) is 4.79 Å². The van der Waals surface area contributed by atoms with Gasteiger partial charge in [0.2, 0.25) is 0 Å². The summed E-state index contributed by atoms with van der Waals surface area (Å²) in [6.07, 6.45) is 5.22. The Morgan fingerprint density at radius 2 is 2.00 bits per heavy atom. The molecule has 0 aliphatic heterocycles. The van der Waals surface area contributed by atoms with Crippen molar-refractivity contribution in [1.29, 1.82) is 0 Å². The number of aliphatic carboxylic acids is 1. The monoisotopic (exact) mass is 268 g/mol. The molecule has 2 aliphatic carbocycles. The van der Waals surface area contributed by atoms with Crippen LogP contribution in [0.2, 0.25) is 0 Å². The number of hydrogen-bond acceptors (Lipinski definition) is 2. The van der Waals surface area contributed by atoms with Crippen LogP contribution in [-0.4, -0.2) is 29.7 Å². The van der Waals surface area contributed by atoms with Crippen LogP contribution in [0.25, 0.3) is 0 Å². The van der Waals surface area contributed by atoms with E-state index in [0.29, 0.717) is 5.92 Å². The van der Waals surface area contributed by atoms with Crippen LogP contribution in [0.5, 0.6) is 0 Å². The molecule has 5 unspecified atom stereocenters. The van der Waals surface area contributed by atoms with Crippen molar-refractivity contribution < 1.29 is 14.7 Å². The number of rotatable bonds is 5. The van der Waals surface area contributed by atoms with Crippen LogP contribution < -0.4 is 10.6 Å². The number of fused-ring (bicyclic) bond motifs is 2. The molecule has 0 spiro atoms. The van der Waals surface area contributed by atoms with Gasteiger partial charge in [0.25, 0.3) is 0 Å². The Hall–Kier alpha value is -1.26. The Labute approximate surface area is 114 Å². The van der Waals surface area contributed by atoms with E-state index in [4.69, 9.17) is 5.11 Å². The molecule has 2 amide bonds. The second-order valence-electron chi connectivity index (χ2n) is 6.22. The Balaban J connectivity index is 1.71. The largest absolute Gasteiger partial charge is 0.481 e. The molecule has 19 heavy (non-hydrogen) atoms. The molecule has 0 aromatic heterocycles. The summed E-state index contributed by atoms with van der Waals surface area (Å²) in [5.41, 5.74) is 0. The maximum atomic E-state index is 11.7. The molecule has 0 aromatic carbocycles. The van der Waals surface area contributed by atoms with Gasteiger partial charge in [-0.05, 0) is 43.9 Å². The molecule has 0 saturated heterocycles. The van der Waals surface area contributed by atoms with Gasteiger partial charge in [-0.25, -0.2) is 4.79 Å². The van der Waals surface area contributed by atoms with E-state index in [1.54, 1.807) is 6.92 Å². The third kappa shape index (κ3) is 3.39. The topological polar surface area (TPSA) is 78.4 Å². The van der Waals surface area contributed by atoms with E-state index >= 15 is 0 Å². The number of carbonyl (C=O) groups excluding carboxylic acids is 1. The first-order chi connectivity index (χ1) is 8.97. The van der Waals surface area contributed by atoms with Gasteiger partial charge in [0.15, 0.2) is 0 Å². The SMILES string of the molecule is CC(CNC(=O)NC(C)C1CC2CCC1C2)C(=O)O. The molecule has 108 valence electrons. The van der Waals surface area contributed by atoms with Gasteiger partial charge < -0.3 is 15.7 Å². The summed E-state index contributed by atoms with van der Waals surface area (Å²) < 4.78 is 0. The molecule has 0 radical (unpaired) electrons. The van der Waals surface area contributed by atoms with E-state index in [1.807, 2.05) is 0 Å². The van der Waals surface area contributed by atoms with E-state index in [-0.39, 0.29) is 18.6 Å². The highest BCUT2D eigenvalue weighted by Crippen LogP contribution is 2.49. The minimum Gasteiger partial charge on any atom is -0.481 e. The molecule has 5 heteroatoms. The molecular weight excluding hydrogens is 244 g/mol. The number of amides is 2. The molecule has 5 atom stereocenters. The number of carboxylic acid groups (broad SMARTS) is 1. The Bertz CT molecular complexity index is 359. The Morgan fingerprint density at radius 1 is 1.26 bits per heavy atom. The fraction of sp³-hybridized carbons (Fsp3) is 0.857. The number of carbonyl (C=O) groups is 2. The third-order valence-electron chi connectivity index (χ3n) is 4.78. The van der Waals surface area contributed by atoms with Crippen molar-refractivity contribution >= 4 is 12.0 Å². The van der Waals surface area contributed by atoms with E-state index in [1.165, 1.54) is 25.7 Å². The van der Waals surface area contributed by atoms with Gasteiger partial charge in [0, 0.05) is 12.6 Å². The molecular formula is C14H24N2O3. The fourth-order valence-corrected chi connectivity index (χ4v) is 3.60. The number of urea groups is 1. The lowest BCUT2D eigenvalue weighted by atomic mass is 9.84. The smallest absolute Gasteiger partial charge is 0.315 e. The summed E-state index contributed by atoms with van der Waals surface area (Å²) in [6, 6.07) is -0.0705. The fourth-order valence-electron chi connectivity index (χ4n) is 3.60. The summed E-state index contributed by atoms with van der Waals surface area (Å²) in [6.45, 7) is 3.82. The second-order valence-corrected chi connectivity index (χ2v) is 6.22. The van der Waals surface area contributed by atoms with Crippen LogP contribution in [0.3, 0.4) is 0 Å². The van der Waals surface area contributed by atoms with Gasteiger partial charge in [-0.15, -0.1) is 0 Å². The van der Waals surface area contributed by atoms with Gasteiger partial charge >= 0.3 is 12.0 Å². The van der Waals surface area contributed by atoms with Gasteiger partial charge in [-0.1, -0.05) is 13.3 Å². The summed E-state index contributed by atoms with van der Waals surface area (Å²) in [5.74, 6) is 0.805. The Morgan fingerprint density at radius 3 is 2.53 bits per heavy atom. The van der Waals surface area contributed by atoms with Crippen molar-refractivity contribution in [2.24, 2.45) is 23.7 Å². The average Bonchev–Trinajstić information content (AvgIpc) is 2.97. The normalized spacial score (nSPS) is 31.8. The lowest BCUT2D eigenvalue weighted by Crippen LogP contribution is -2.46. The summed E-state index contributed by atoms with van der Waals surface area (Å²) >= 11 is 0. The second kappa shape index (κ2) is 5.80. The van der Waals surface area contributed by atoms with Crippen LogP contribution in [0, 0.1) is 23.7 Å². The first-order valence-corrected chi connectivity index (χ1v) is 7.24. The first-order valence-electron chi connectivity index (χ1n) is 7.24. The molecule has 2 aliphatic rings. The van der Waals surface area contributed by atoms with E-state index in [0.717, 1.165) is 11.8 Å². The average molecular weight is 268 g/mol. The van der Waals surface area contributed by atoms with Gasteiger partial charge in [0.1, 0.15) is 0 Å². The van der Waals surface area contributed by atoms with Crippen LogP contribution in [-0.2, 0) is 4.79 Å². The van der Waals surface area contributed by atoms with Gasteiger partial charge in [0.05, 0.1) is 5.92 Å². The summed E-state index contributed by atoms with van der Waals surface area (Å²) in [5, 5.41) is 14.3. The molecule has 2 rings (SSSR count). The van der Waals surface area contributed by atoms with Crippen LogP contribution in [0.4, 0.5) is 4.79 Å². The van der Waals surface area contributed by atoms with E-state index in [2.05, 4.69) is 17.6 Å². The zero-order valence-corrected chi connectivity index (χ0v) is 11.7. The molecule has 0 heterocycles. The maximum absolute atomic E-state index is 11.7. The molecule has 2 fully saturated rings. The highest BCUT2D eigenvalue weighted by molar-refractivity contribution is 5.75. The maximum Gasteiger partial charge on any atom is 0.315 e. The van der Waals surface area contributed by atoms with Crippen LogP contribution in [0.15, 0.2) is 0 Å². The first kappa shape index (κ1) is 14.2. The minimum absolute atomic E-state index is 0.171. The minimum atomic E-state index is -0.888. The van der Waals surface area contributed by atoms with Gasteiger partial charge in [-0.2, -0.15) is 0 Å². The zero-order chi connectivity index (χ0) is 14.0. The number of carboxylic acids is 1. The molecule has 2 bridgehead atoms. The van der Waals surface area contributed by atoms with Crippen molar-refractivity contribution in [3.05, 3.63) is 0 Å². The van der Waals surface area contributed by atoms with Crippen molar-refractivity contribution in [3.63, 3.8) is 0 Å². The van der Waals surface area contributed by atoms with Crippen LogP contribution >= 0.6 is 0 Å². The molecule has 2 saturated carbocycles. The number of nitrogens with one attached hydrogen (secondary N) is 2. The third-order valence-corrected chi connectivity index (χ3v) is 4.78. The zero-order valence-electron chi connectivity index (χ0n) is 11.7. The molecule has 0 aromatic rings. The van der Waals surface area contributed by atoms with Crippen molar-refractivity contribution in [2.45, 2.75) is 45.6 Å². The van der Waals surface area contributed by atoms with Crippen molar-refractivity contribution in [1.82, 2.24) is 10.6 Å². The Kier molecular flexibility index (Phi) is 4.32. The van der Waals surface area contributed by atoms with Crippen LogP contribution in [0.1, 0.15) is 39.5 Å². The van der Waals surface area contributed by atoms with Crippen molar-refractivity contribution in [2.75, 3.05) is 6.54 Å². The summed E-state index contributed by atoms with van der Waals surface area (Å²) in [7, 11) is 0. The van der Waals surface area contributed by atoms with Crippen molar-refractivity contribution in [3.8, 4) is 0 Å². The standard InChI is InChI=1S/C14H24N2O3/c1-8(13(17)18)7-15-14(19)16-9(2)12-6-10-3-4-11(12)5-10/h8-12H,3-7H2,1-2H3,(H,17,18)(H2,15,16,19). The number of hydrogen-bond donors (Lipinski definition) is 3. The highest BCUT2D eigenvalue weighted by atomic mass is 16.4. The summed E-state index contributed by atoms with van der Waals surface area (Å²) in [4.78, 5) is 22.4.